The van der Waals surface area contributed by atoms with E-state index < -0.39 is 5.91 Å². The number of nitrogens with one attached hydrogen (secondary N) is 4. The zero-order valence-corrected chi connectivity index (χ0v) is 16.9. The Bertz CT molecular complexity index is 1120. The molecule has 8 heteroatoms. The highest BCUT2D eigenvalue weighted by molar-refractivity contribution is 6.07. The van der Waals surface area contributed by atoms with Gasteiger partial charge in [-0.2, -0.15) is 0 Å². The molecule has 0 aliphatic rings. The number of aryl methyl sites for hydroxylation is 2. The average Bonchev–Trinajstić information content (AvgIpc) is 3.08. The Morgan fingerprint density at radius 3 is 2.10 bits per heavy atom. The van der Waals surface area contributed by atoms with Crippen LogP contribution in [-0.4, -0.2) is 22.8 Å². The minimum Gasteiger partial charge on any atom is -0.365 e. The Balaban J connectivity index is 1.74. The molecule has 0 aliphatic carbocycles. The predicted molar refractivity (Wildman–Crippen MR) is 118 cm³/mol. The number of benzene rings is 2. The standard InChI is InChI=1S/C22H23N5O3/c1-12-4-7-17(10-13(12)2)27-22(30)26-16-8-5-15(6-9-16)18-11-24-21(25-14(3)28)19(18)20(23)29/h4-11,24H,1-3H3,(H2,23,29)(H,25,28)(H2,26,27,30). The summed E-state index contributed by atoms with van der Waals surface area (Å²) < 4.78 is 0. The van der Waals surface area contributed by atoms with E-state index in [2.05, 4.69) is 20.9 Å². The highest BCUT2D eigenvalue weighted by atomic mass is 16.2. The zero-order chi connectivity index (χ0) is 21.8. The summed E-state index contributed by atoms with van der Waals surface area (Å²) >= 11 is 0. The highest BCUT2D eigenvalue weighted by Gasteiger charge is 2.18. The Morgan fingerprint density at radius 2 is 1.50 bits per heavy atom. The summed E-state index contributed by atoms with van der Waals surface area (Å²) in [5.41, 5.74) is 10.5. The van der Waals surface area contributed by atoms with Gasteiger partial charge < -0.3 is 26.7 Å². The van der Waals surface area contributed by atoms with Crippen molar-refractivity contribution in [1.82, 2.24) is 4.98 Å². The molecule has 1 heterocycles. The van der Waals surface area contributed by atoms with Gasteiger partial charge in [-0.1, -0.05) is 18.2 Å². The first-order chi connectivity index (χ1) is 14.2. The van der Waals surface area contributed by atoms with Crippen molar-refractivity contribution < 1.29 is 14.4 Å². The fourth-order valence-corrected chi connectivity index (χ4v) is 3.03. The Kier molecular flexibility index (Phi) is 5.87. The Hall–Kier alpha value is -4.07. The van der Waals surface area contributed by atoms with E-state index in [1.807, 2.05) is 32.0 Å². The lowest BCUT2D eigenvalue weighted by Gasteiger charge is -2.10. The predicted octanol–water partition coefficient (Wildman–Crippen LogP) is 4.00. The summed E-state index contributed by atoms with van der Waals surface area (Å²) in [6.07, 6.45) is 1.60. The molecule has 3 aromatic rings. The van der Waals surface area contributed by atoms with Gasteiger partial charge in [-0.15, -0.1) is 0 Å². The first-order valence-electron chi connectivity index (χ1n) is 9.29. The summed E-state index contributed by atoms with van der Waals surface area (Å²) in [6.45, 7) is 5.33. The number of hydrogen-bond acceptors (Lipinski definition) is 3. The van der Waals surface area contributed by atoms with Crippen LogP contribution in [0.3, 0.4) is 0 Å². The number of rotatable bonds is 5. The molecule has 30 heavy (non-hydrogen) atoms. The molecule has 0 bridgehead atoms. The van der Waals surface area contributed by atoms with Gasteiger partial charge in [0.1, 0.15) is 5.82 Å². The van der Waals surface area contributed by atoms with Crippen LogP contribution in [0, 0.1) is 13.8 Å². The molecule has 0 radical (unpaired) electrons. The minimum absolute atomic E-state index is 0.193. The van der Waals surface area contributed by atoms with Crippen LogP contribution in [0.5, 0.6) is 0 Å². The average molecular weight is 405 g/mol. The molecular weight excluding hydrogens is 382 g/mol. The quantitative estimate of drug-likeness (QED) is 0.440. The second kappa shape index (κ2) is 8.52. The number of carbonyl (C=O) groups is 3. The zero-order valence-electron chi connectivity index (χ0n) is 16.9. The second-order valence-corrected chi connectivity index (χ2v) is 6.95. The molecule has 0 aliphatic heterocycles. The van der Waals surface area contributed by atoms with Crippen molar-refractivity contribution in [2.45, 2.75) is 20.8 Å². The molecule has 4 amide bonds. The topological polar surface area (TPSA) is 129 Å². The van der Waals surface area contributed by atoms with Gasteiger partial charge in [0.2, 0.25) is 5.91 Å². The van der Waals surface area contributed by atoms with Crippen molar-refractivity contribution in [3.8, 4) is 11.1 Å². The third-order valence-electron chi connectivity index (χ3n) is 4.65. The van der Waals surface area contributed by atoms with Gasteiger partial charge in [-0.3, -0.25) is 9.59 Å². The van der Waals surface area contributed by atoms with Gasteiger partial charge in [0.05, 0.1) is 5.56 Å². The SMILES string of the molecule is CC(=O)Nc1[nH]cc(-c2ccc(NC(=O)Nc3ccc(C)c(C)c3)cc2)c1C(N)=O. The number of H-pyrrole nitrogens is 1. The molecule has 0 spiro atoms. The summed E-state index contributed by atoms with van der Waals surface area (Å²) in [5, 5.41) is 8.11. The molecule has 0 saturated carbocycles. The van der Waals surface area contributed by atoms with E-state index >= 15 is 0 Å². The summed E-state index contributed by atoms with van der Waals surface area (Å²) in [6, 6.07) is 12.3. The Morgan fingerprint density at radius 1 is 0.867 bits per heavy atom. The molecule has 154 valence electrons. The third kappa shape index (κ3) is 4.67. The number of aromatic nitrogens is 1. The van der Waals surface area contributed by atoms with E-state index in [0.717, 1.165) is 11.1 Å². The molecule has 0 atom stereocenters. The first-order valence-corrected chi connectivity index (χ1v) is 9.29. The molecule has 2 aromatic carbocycles. The van der Waals surface area contributed by atoms with E-state index in [1.54, 1.807) is 30.5 Å². The second-order valence-electron chi connectivity index (χ2n) is 6.95. The van der Waals surface area contributed by atoms with Gasteiger partial charge >= 0.3 is 6.03 Å². The largest absolute Gasteiger partial charge is 0.365 e. The van der Waals surface area contributed by atoms with Crippen molar-refractivity contribution >= 4 is 35.0 Å². The van der Waals surface area contributed by atoms with Crippen LogP contribution in [0.25, 0.3) is 11.1 Å². The van der Waals surface area contributed by atoms with Crippen LogP contribution >= 0.6 is 0 Å². The maximum absolute atomic E-state index is 12.3. The lowest BCUT2D eigenvalue weighted by Crippen LogP contribution is -2.19. The van der Waals surface area contributed by atoms with Gasteiger partial charge in [0.25, 0.3) is 5.91 Å². The van der Waals surface area contributed by atoms with Crippen molar-refractivity contribution in [3.63, 3.8) is 0 Å². The van der Waals surface area contributed by atoms with Gasteiger partial charge in [-0.25, -0.2) is 4.79 Å². The fraction of sp³-hybridized carbons (Fsp3) is 0.136. The van der Waals surface area contributed by atoms with E-state index in [0.29, 0.717) is 22.5 Å². The smallest absolute Gasteiger partial charge is 0.323 e. The van der Waals surface area contributed by atoms with Crippen LogP contribution in [0.2, 0.25) is 0 Å². The van der Waals surface area contributed by atoms with Crippen LogP contribution in [0.4, 0.5) is 22.0 Å². The summed E-state index contributed by atoms with van der Waals surface area (Å²) in [5.74, 6) is -0.731. The molecule has 0 saturated heterocycles. The van der Waals surface area contributed by atoms with Crippen LogP contribution < -0.4 is 21.7 Å². The molecule has 6 N–H and O–H groups in total. The van der Waals surface area contributed by atoms with Crippen LogP contribution in [0.15, 0.2) is 48.7 Å². The third-order valence-corrected chi connectivity index (χ3v) is 4.65. The van der Waals surface area contributed by atoms with Gasteiger partial charge in [0.15, 0.2) is 0 Å². The normalized spacial score (nSPS) is 10.4. The van der Waals surface area contributed by atoms with Crippen molar-refractivity contribution in [2.24, 2.45) is 5.73 Å². The van der Waals surface area contributed by atoms with Crippen LogP contribution in [-0.2, 0) is 4.79 Å². The molecule has 0 fully saturated rings. The Labute approximate surface area is 173 Å². The lowest BCUT2D eigenvalue weighted by molar-refractivity contribution is -0.114. The first kappa shape index (κ1) is 20.7. The summed E-state index contributed by atoms with van der Waals surface area (Å²) in [7, 11) is 0. The number of hydrogen-bond donors (Lipinski definition) is 5. The number of urea groups is 1. The molecule has 3 rings (SSSR count). The van der Waals surface area contributed by atoms with Crippen LogP contribution in [0.1, 0.15) is 28.4 Å². The van der Waals surface area contributed by atoms with Gasteiger partial charge in [-0.05, 0) is 54.8 Å². The van der Waals surface area contributed by atoms with E-state index in [1.165, 1.54) is 6.92 Å². The van der Waals surface area contributed by atoms with Gasteiger partial charge in [0, 0.05) is 30.1 Å². The number of primary amides is 1. The van der Waals surface area contributed by atoms with Crippen molar-refractivity contribution in [2.75, 3.05) is 16.0 Å². The highest BCUT2D eigenvalue weighted by Crippen LogP contribution is 2.30. The lowest BCUT2D eigenvalue weighted by atomic mass is 10.0. The van der Waals surface area contributed by atoms with Crippen molar-refractivity contribution in [3.05, 3.63) is 65.4 Å². The minimum atomic E-state index is -0.662. The summed E-state index contributed by atoms with van der Waals surface area (Å²) in [4.78, 5) is 38.3. The number of amides is 4. The van der Waals surface area contributed by atoms with E-state index in [-0.39, 0.29) is 23.3 Å². The monoisotopic (exact) mass is 405 g/mol. The fourth-order valence-electron chi connectivity index (χ4n) is 3.03. The molecule has 0 unspecified atom stereocenters. The molecular formula is C22H23N5O3. The number of anilines is 3. The molecule has 1 aromatic heterocycles. The number of aromatic amines is 1. The number of carbonyl (C=O) groups excluding carboxylic acids is 3. The van der Waals surface area contributed by atoms with E-state index in [4.69, 9.17) is 5.73 Å². The number of nitrogens with two attached hydrogens (primary N) is 1. The maximum Gasteiger partial charge on any atom is 0.323 e. The van der Waals surface area contributed by atoms with Crippen molar-refractivity contribution in [1.29, 1.82) is 0 Å². The molecule has 8 nitrogen and oxygen atoms in total. The van der Waals surface area contributed by atoms with E-state index in [9.17, 15) is 14.4 Å². The maximum atomic E-state index is 12.3.